The number of hydrogen-bond acceptors (Lipinski definition) is 3. The molecule has 2 nitrogen and oxygen atoms in total. The molecule has 1 aliphatic rings. The van der Waals surface area contributed by atoms with Crippen LogP contribution in [0.2, 0.25) is 0 Å². The second-order valence-electron chi connectivity index (χ2n) is 3.79. The van der Waals surface area contributed by atoms with Crippen molar-refractivity contribution in [3.05, 3.63) is 29.3 Å². The van der Waals surface area contributed by atoms with Crippen molar-refractivity contribution in [1.82, 2.24) is 5.32 Å². The van der Waals surface area contributed by atoms with Gasteiger partial charge in [0.1, 0.15) is 0 Å². The van der Waals surface area contributed by atoms with E-state index in [1.807, 2.05) is 0 Å². The summed E-state index contributed by atoms with van der Waals surface area (Å²) in [5, 5.41) is 3.37. The summed E-state index contributed by atoms with van der Waals surface area (Å²) in [5.41, 5.74) is 2.65. The summed E-state index contributed by atoms with van der Waals surface area (Å²) >= 11 is 1.78. The van der Waals surface area contributed by atoms with Crippen LogP contribution in [-0.4, -0.2) is 26.0 Å². The highest BCUT2D eigenvalue weighted by Gasteiger charge is 2.17. The van der Waals surface area contributed by atoms with Crippen LogP contribution in [0.1, 0.15) is 17.2 Å². The maximum atomic E-state index is 5.77. The minimum Gasteiger partial charge on any atom is -0.371 e. The number of rotatable bonds is 2. The number of ether oxygens (including phenoxy) is 1. The van der Waals surface area contributed by atoms with Crippen LogP contribution in [0, 0.1) is 6.92 Å². The Morgan fingerprint density at radius 3 is 3.00 bits per heavy atom. The molecule has 0 spiro atoms. The maximum Gasteiger partial charge on any atom is 0.0952 e. The lowest BCUT2D eigenvalue weighted by molar-refractivity contribution is 0.0272. The molecule has 0 radical (unpaired) electrons. The molecule has 0 aromatic heterocycles. The van der Waals surface area contributed by atoms with Gasteiger partial charge >= 0.3 is 0 Å². The van der Waals surface area contributed by atoms with E-state index in [0.717, 1.165) is 19.7 Å². The van der Waals surface area contributed by atoms with Crippen LogP contribution in [0.4, 0.5) is 0 Å². The van der Waals surface area contributed by atoms with Crippen molar-refractivity contribution in [2.45, 2.75) is 17.9 Å². The van der Waals surface area contributed by atoms with E-state index in [9.17, 15) is 0 Å². The standard InChI is InChI=1S/C12H17NOS/c1-9-3-4-10(15-2)7-11(9)12-8-13-5-6-14-12/h3-4,7,12-13H,5-6,8H2,1-2H3. The fraction of sp³-hybridized carbons (Fsp3) is 0.500. The van der Waals surface area contributed by atoms with E-state index in [0.29, 0.717) is 0 Å². The topological polar surface area (TPSA) is 21.3 Å². The van der Waals surface area contributed by atoms with Gasteiger partial charge in [0, 0.05) is 18.0 Å². The van der Waals surface area contributed by atoms with Crippen LogP contribution in [-0.2, 0) is 4.74 Å². The number of nitrogens with one attached hydrogen (secondary N) is 1. The highest BCUT2D eigenvalue weighted by atomic mass is 32.2. The molecule has 1 unspecified atom stereocenters. The molecule has 1 aliphatic heterocycles. The van der Waals surface area contributed by atoms with Crippen molar-refractivity contribution in [3.8, 4) is 0 Å². The molecule has 3 heteroatoms. The van der Waals surface area contributed by atoms with E-state index in [-0.39, 0.29) is 6.10 Å². The summed E-state index contributed by atoms with van der Waals surface area (Å²) in [7, 11) is 0. The average Bonchev–Trinajstić information content (AvgIpc) is 2.31. The second-order valence-corrected chi connectivity index (χ2v) is 4.67. The van der Waals surface area contributed by atoms with Gasteiger partial charge in [-0.25, -0.2) is 0 Å². The molecular formula is C12H17NOS. The van der Waals surface area contributed by atoms with Crippen LogP contribution in [0.15, 0.2) is 23.1 Å². The van der Waals surface area contributed by atoms with Crippen molar-refractivity contribution >= 4 is 11.8 Å². The van der Waals surface area contributed by atoms with Crippen molar-refractivity contribution < 1.29 is 4.74 Å². The first-order valence-electron chi connectivity index (χ1n) is 5.28. The fourth-order valence-corrected chi connectivity index (χ4v) is 2.31. The lowest BCUT2D eigenvalue weighted by Gasteiger charge is -2.25. The first kappa shape index (κ1) is 11.0. The van der Waals surface area contributed by atoms with E-state index in [1.165, 1.54) is 16.0 Å². The first-order valence-corrected chi connectivity index (χ1v) is 6.50. The summed E-state index contributed by atoms with van der Waals surface area (Å²) in [6.45, 7) is 4.86. The Hall–Kier alpha value is -0.510. The Bertz CT molecular complexity index is 334. The molecule has 1 atom stereocenters. The molecular weight excluding hydrogens is 206 g/mol. The monoisotopic (exact) mass is 223 g/mol. The third-order valence-corrected chi connectivity index (χ3v) is 3.49. The zero-order valence-corrected chi connectivity index (χ0v) is 10.1. The Kier molecular flexibility index (Phi) is 3.67. The van der Waals surface area contributed by atoms with Gasteiger partial charge in [-0.2, -0.15) is 0 Å². The number of benzene rings is 1. The van der Waals surface area contributed by atoms with Crippen LogP contribution in [0.5, 0.6) is 0 Å². The molecule has 0 aliphatic carbocycles. The van der Waals surface area contributed by atoms with Crippen LogP contribution in [0.25, 0.3) is 0 Å². The zero-order chi connectivity index (χ0) is 10.7. The number of morpholine rings is 1. The molecule has 1 saturated heterocycles. The molecule has 1 aromatic carbocycles. The number of thioether (sulfide) groups is 1. The van der Waals surface area contributed by atoms with Gasteiger partial charge in [0.2, 0.25) is 0 Å². The largest absolute Gasteiger partial charge is 0.371 e. The normalized spacial score (nSPS) is 21.6. The van der Waals surface area contributed by atoms with Crippen LogP contribution >= 0.6 is 11.8 Å². The van der Waals surface area contributed by atoms with E-state index >= 15 is 0 Å². The third-order valence-electron chi connectivity index (χ3n) is 2.76. The van der Waals surface area contributed by atoms with Gasteiger partial charge in [0.15, 0.2) is 0 Å². The Labute approximate surface area is 95.4 Å². The quantitative estimate of drug-likeness (QED) is 0.778. The molecule has 1 heterocycles. The molecule has 1 N–H and O–H groups in total. The minimum atomic E-state index is 0.228. The van der Waals surface area contributed by atoms with E-state index in [1.54, 1.807) is 11.8 Å². The van der Waals surface area contributed by atoms with Gasteiger partial charge in [-0.3, -0.25) is 0 Å². The summed E-state index contributed by atoms with van der Waals surface area (Å²) in [6.07, 6.45) is 2.33. The molecule has 15 heavy (non-hydrogen) atoms. The summed E-state index contributed by atoms with van der Waals surface area (Å²) < 4.78 is 5.77. The SMILES string of the molecule is CSc1ccc(C)c(C2CNCCO2)c1. The number of aryl methyl sites for hydroxylation is 1. The zero-order valence-electron chi connectivity index (χ0n) is 9.25. The minimum absolute atomic E-state index is 0.228. The lowest BCUT2D eigenvalue weighted by atomic mass is 10.0. The average molecular weight is 223 g/mol. The third kappa shape index (κ3) is 2.54. The number of hydrogen-bond donors (Lipinski definition) is 1. The Morgan fingerprint density at radius 1 is 1.47 bits per heavy atom. The van der Waals surface area contributed by atoms with E-state index < -0.39 is 0 Å². The highest BCUT2D eigenvalue weighted by Crippen LogP contribution is 2.26. The Morgan fingerprint density at radius 2 is 2.33 bits per heavy atom. The summed E-state index contributed by atoms with van der Waals surface area (Å²) in [6, 6.07) is 6.59. The van der Waals surface area contributed by atoms with Gasteiger partial charge in [-0.15, -0.1) is 11.8 Å². The summed E-state index contributed by atoms with van der Waals surface area (Å²) in [5.74, 6) is 0. The predicted molar refractivity (Wildman–Crippen MR) is 64.5 cm³/mol. The van der Waals surface area contributed by atoms with Gasteiger partial charge in [0.25, 0.3) is 0 Å². The second kappa shape index (κ2) is 5.01. The Balaban J connectivity index is 2.24. The lowest BCUT2D eigenvalue weighted by Crippen LogP contribution is -2.33. The van der Waals surface area contributed by atoms with E-state index in [4.69, 9.17) is 4.74 Å². The van der Waals surface area contributed by atoms with Crippen LogP contribution in [0.3, 0.4) is 0 Å². The maximum absolute atomic E-state index is 5.77. The molecule has 0 amide bonds. The predicted octanol–water partition coefficient (Wildman–Crippen LogP) is 2.38. The first-order chi connectivity index (χ1) is 7.31. The van der Waals surface area contributed by atoms with Crippen molar-refractivity contribution in [3.63, 3.8) is 0 Å². The molecule has 0 bridgehead atoms. The molecule has 1 aromatic rings. The molecule has 2 rings (SSSR count). The van der Waals surface area contributed by atoms with Gasteiger partial charge in [0.05, 0.1) is 12.7 Å². The molecule has 0 saturated carbocycles. The highest BCUT2D eigenvalue weighted by molar-refractivity contribution is 7.98. The smallest absolute Gasteiger partial charge is 0.0952 e. The van der Waals surface area contributed by atoms with Crippen molar-refractivity contribution in [2.75, 3.05) is 26.0 Å². The van der Waals surface area contributed by atoms with E-state index in [2.05, 4.69) is 36.7 Å². The fourth-order valence-electron chi connectivity index (χ4n) is 1.86. The molecule has 1 fully saturated rings. The van der Waals surface area contributed by atoms with Gasteiger partial charge in [-0.1, -0.05) is 6.07 Å². The van der Waals surface area contributed by atoms with Crippen LogP contribution < -0.4 is 5.32 Å². The summed E-state index contributed by atoms with van der Waals surface area (Å²) in [4.78, 5) is 1.31. The van der Waals surface area contributed by atoms with Crippen molar-refractivity contribution in [1.29, 1.82) is 0 Å². The van der Waals surface area contributed by atoms with Gasteiger partial charge < -0.3 is 10.1 Å². The van der Waals surface area contributed by atoms with Crippen molar-refractivity contribution in [2.24, 2.45) is 0 Å². The van der Waals surface area contributed by atoms with Gasteiger partial charge in [-0.05, 0) is 36.4 Å². The molecule has 82 valence electrons.